The van der Waals surface area contributed by atoms with Gasteiger partial charge in [0.1, 0.15) is 0 Å². The van der Waals surface area contributed by atoms with E-state index in [0.717, 1.165) is 0 Å². The second-order valence-corrected chi connectivity index (χ2v) is 2.72. The first-order valence-electron chi connectivity index (χ1n) is 4.25. The third-order valence-corrected chi connectivity index (χ3v) is 1.67. The fourth-order valence-corrected chi connectivity index (χ4v) is 0.863. The molecular formula is C10H13NO2. The van der Waals surface area contributed by atoms with Gasteiger partial charge in [0.05, 0.1) is 5.56 Å². The highest BCUT2D eigenvalue weighted by molar-refractivity contribution is 5.89. The molecule has 1 aromatic carbocycles. The van der Waals surface area contributed by atoms with E-state index in [4.69, 9.17) is 10.5 Å². The molecular weight excluding hydrogens is 166 g/mol. The van der Waals surface area contributed by atoms with E-state index in [9.17, 15) is 4.79 Å². The van der Waals surface area contributed by atoms with Crippen molar-refractivity contribution in [3.8, 4) is 0 Å². The Morgan fingerprint density at radius 2 is 2.08 bits per heavy atom. The maximum absolute atomic E-state index is 11.3. The van der Waals surface area contributed by atoms with Crippen molar-refractivity contribution in [1.29, 1.82) is 0 Å². The maximum atomic E-state index is 11.3. The molecule has 1 aromatic rings. The van der Waals surface area contributed by atoms with Gasteiger partial charge in [-0.1, -0.05) is 25.1 Å². The zero-order chi connectivity index (χ0) is 9.68. The van der Waals surface area contributed by atoms with Crippen LogP contribution in [0.25, 0.3) is 0 Å². The lowest BCUT2D eigenvalue weighted by Crippen LogP contribution is -2.26. The van der Waals surface area contributed by atoms with Crippen LogP contribution in [0.15, 0.2) is 30.3 Å². The molecule has 3 nitrogen and oxygen atoms in total. The number of carbonyl (C=O) groups excluding carboxylic acids is 1. The van der Waals surface area contributed by atoms with Gasteiger partial charge in [-0.05, 0) is 18.6 Å². The smallest absolute Gasteiger partial charge is 0.339 e. The van der Waals surface area contributed by atoms with Gasteiger partial charge in [0.15, 0.2) is 6.23 Å². The first-order valence-corrected chi connectivity index (χ1v) is 4.25. The van der Waals surface area contributed by atoms with Crippen LogP contribution in [-0.4, -0.2) is 12.2 Å². The summed E-state index contributed by atoms with van der Waals surface area (Å²) in [5.74, 6) is -0.366. The maximum Gasteiger partial charge on any atom is 0.339 e. The Morgan fingerprint density at radius 1 is 1.46 bits per heavy atom. The molecule has 1 atom stereocenters. The van der Waals surface area contributed by atoms with Gasteiger partial charge in [-0.3, -0.25) is 5.73 Å². The van der Waals surface area contributed by atoms with E-state index in [-0.39, 0.29) is 5.97 Å². The van der Waals surface area contributed by atoms with Crippen LogP contribution in [-0.2, 0) is 4.74 Å². The van der Waals surface area contributed by atoms with E-state index >= 15 is 0 Å². The first kappa shape index (κ1) is 9.74. The molecule has 1 rings (SSSR count). The molecule has 0 bridgehead atoms. The standard InChI is InChI=1S/C10H13NO2/c1-2-9(11)13-10(12)8-6-4-3-5-7-8/h3-7,9H,2,11H2,1H3/t9-/m1/s1. The third kappa shape index (κ3) is 2.87. The summed E-state index contributed by atoms with van der Waals surface area (Å²) < 4.78 is 4.92. The molecule has 2 N–H and O–H groups in total. The summed E-state index contributed by atoms with van der Waals surface area (Å²) in [5, 5.41) is 0. The number of carbonyl (C=O) groups is 1. The average Bonchev–Trinajstić information content (AvgIpc) is 2.19. The van der Waals surface area contributed by atoms with E-state index in [1.165, 1.54) is 0 Å². The number of benzene rings is 1. The van der Waals surface area contributed by atoms with Crippen LogP contribution in [0.4, 0.5) is 0 Å². The topological polar surface area (TPSA) is 52.3 Å². The van der Waals surface area contributed by atoms with Crippen molar-refractivity contribution in [2.45, 2.75) is 19.6 Å². The fourth-order valence-electron chi connectivity index (χ4n) is 0.863. The van der Waals surface area contributed by atoms with Gasteiger partial charge in [0.2, 0.25) is 0 Å². The zero-order valence-corrected chi connectivity index (χ0v) is 7.57. The number of esters is 1. The Labute approximate surface area is 77.5 Å². The van der Waals surface area contributed by atoms with Gasteiger partial charge < -0.3 is 4.74 Å². The molecule has 0 amide bonds. The van der Waals surface area contributed by atoms with Crippen LogP contribution in [0, 0.1) is 0 Å². The molecule has 70 valence electrons. The Kier molecular flexibility index (Phi) is 3.46. The monoisotopic (exact) mass is 179 g/mol. The van der Waals surface area contributed by atoms with Crippen LogP contribution in [0.5, 0.6) is 0 Å². The van der Waals surface area contributed by atoms with Crippen molar-refractivity contribution in [2.75, 3.05) is 0 Å². The lowest BCUT2D eigenvalue weighted by molar-refractivity contribution is 0.0308. The zero-order valence-electron chi connectivity index (χ0n) is 7.57. The van der Waals surface area contributed by atoms with E-state index in [2.05, 4.69) is 0 Å². The molecule has 0 unspecified atom stereocenters. The summed E-state index contributed by atoms with van der Waals surface area (Å²) in [6.07, 6.45) is 0.117. The van der Waals surface area contributed by atoms with Crippen molar-refractivity contribution in [3.05, 3.63) is 35.9 Å². The second-order valence-electron chi connectivity index (χ2n) is 2.72. The molecule has 0 aliphatic rings. The summed E-state index contributed by atoms with van der Waals surface area (Å²) in [4.78, 5) is 11.3. The molecule has 0 aliphatic carbocycles. The second kappa shape index (κ2) is 4.62. The van der Waals surface area contributed by atoms with Gasteiger partial charge in [-0.2, -0.15) is 0 Å². The van der Waals surface area contributed by atoms with E-state index in [0.29, 0.717) is 12.0 Å². The van der Waals surface area contributed by atoms with Crippen molar-refractivity contribution in [3.63, 3.8) is 0 Å². The molecule has 0 radical (unpaired) electrons. The molecule has 0 fully saturated rings. The van der Waals surface area contributed by atoms with Crippen LogP contribution in [0.2, 0.25) is 0 Å². The highest BCUT2D eigenvalue weighted by atomic mass is 16.6. The third-order valence-electron chi connectivity index (χ3n) is 1.67. The summed E-state index contributed by atoms with van der Waals surface area (Å²) in [7, 11) is 0. The minimum absolute atomic E-state index is 0.366. The van der Waals surface area contributed by atoms with E-state index in [1.54, 1.807) is 24.3 Å². The molecule has 0 saturated carbocycles. The predicted octanol–water partition coefficient (Wildman–Crippen LogP) is 1.54. The van der Waals surface area contributed by atoms with Gasteiger partial charge >= 0.3 is 5.97 Å². The Hall–Kier alpha value is -1.35. The van der Waals surface area contributed by atoms with E-state index < -0.39 is 6.23 Å². The Balaban J connectivity index is 2.59. The van der Waals surface area contributed by atoms with Crippen molar-refractivity contribution in [2.24, 2.45) is 5.73 Å². The average molecular weight is 179 g/mol. The lowest BCUT2D eigenvalue weighted by Gasteiger charge is -2.10. The highest BCUT2D eigenvalue weighted by Gasteiger charge is 2.09. The van der Waals surface area contributed by atoms with Gasteiger partial charge in [-0.25, -0.2) is 4.79 Å². The summed E-state index contributed by atoms with van der Waals surface area (Å²) in [5.41, 5.74) is 6.00. The van der Waals surface area contributed by atoms with Crippen LogP contribution < -0.4 is 5.73 Å². The lowest BCUT2D eigenvalue weighted by atomic mass is 10.2. The largest absolute Gasteiger partial charge is 0.443 e. The van der Waals surface area contributed by atoms with Crippen molar-refractivity contribution >= 4 is 5.97 Å². The van der Waals surface area contributed by atoms with Crippen LogP contribution >= 0.6 is 0 Å². The minimum Gasteiger partial charge on any atom is -0.443 e. The molecule has 0 spiro atoms. The molecule has 0 saturated heterocycles. The molecule has 0 aliphatic heterocycles. The summed E-state index contributed by atoms with van der Waals surface area (Å²) in [6, 6.07) is 8.81. The minimum atomic E-state index is -0.507. The van der Waals surface area contributed by atoms with Crippen molar-refractivity contribution < 1.29 is 9.53 Å². The molecule has 3 heteroatoms. The predicted molar refractivity (Wildman–Crippen MR) is 50.1 cm³/mol. The normalized spacial score (nSPS) is 12.2. The number of hydrogen-bond donors (Lipinski definition) is 1. The number of ether oxygens (including phenoxy) is 1. The number of rotatable bonds is 3. The molecule has 13 heavy (non-hydrogen) atoms. The van der Waals surface area contributed by atoms with Crippen molar-refractivity contribution in [1.82, 2.24) is 0 Å². The van der Waals surface area contributed by atoms with Gasteiger partial charge in [-0.15, -0.1) is 0 Å². The highest BCUT2D eigenvalue weighted by Crippen LogP contribution is 2.02. The SMILES string of the molecule is CC[C@H](N)OC(=O)c1ccccc1. The Bertz CT molecular complexity index is 272. The molecule has 0 aromatic heterocycles. The molecule has 0 heterocycles. The van der Waals surface area contributed by atoms with Crippen LogP contribution in [0.3, 0.4) is 0 Å². The van der Waals surface area contributed by atoms with Crippen LogP contribution in [0.1, 0.15) is 23.7 Å². The quantitative estimate of drug-likeness (QED) is 0.565. The number of nitrogens with two attached hydrogens (primary N) is 1. The summed E-state index contributed by atoms with van der Waals surface area (Å²) >= 11 is 0. The Morgan fingerprint density at radius 3 is 2.62 bits per heavy atom. The van der Waals surface area contributed by atoms with E-state index in [1.807, 2.05) is 13.0 Å². The summed E-state index contributed by atoms with van der Waals surface area (Å²) in [6.45, 7) is 1.86. The first-order chi connectivity index (χ1) is 6.24. The fraction of sp³-hybridized carbons (Fsp3) is 0.300. The number of hydrogen-bond acceptors (Lipinski definition) is 3. The van der Waals surface area contributed by atoms with Gasteiger partial charge in [0, 0.05) is 0 Å². The van der Waals surface area contributed by atoms with Gasteiger partial charge in [0.25, 0.3) is 0 Å².